The number of halogens is 3. The summed E-state index contributed by atoms with van der Waals surface area (Å²) < 4.78 is 87.0. The van der Waals surface area contributed by atoms with Crippen LogP contribution in [0.5, 0.6) is 11.5 Å². The van der Waals surface area contributed by atoms with Crippen molar-refractivity contribution in [3.8, 4) is 11.5 Å². The molecular formula is C17H18F3K3O7PS. The minimum absolute atomic E-state index is 0. The van der Waals surface area contributed by atoms with E-state index < -0.39 is 40.9 Å². The molecule has 2 rings (SSSR count). The van der Waals surface area contributed by atoms with Crippen molar-refractivity contribution >= 4 is 172 Å². The molecule has 0 saturated heterocycles. The Hall–Kier alpha value is 3.00. The summed E-state index contributed by atoms with van der Waals surface area (Å²) in [5.74, 6) is -0.273. The summed E-state index contributed by atoms with van der Waals surface area (Å²) in [5, 5.41) is 0. The van der Waals surface area contributed by atoms with Gasteiger partial charge >= 0.3 is 13.8 Å². The van der Waals surface area contributed by atoms with Gasteiger partial charge in [0.2, 0.25) is 0 Å². The Morgan fingerprint density at radius 2 is 1.59 bits per heavy atom. The Morgan fingerprint density at radius 3 is 2.12 bits per heavy atom. The van der Waals surface area contributed by atoms with E-state index in [-0.39, 0.29) is 178 Å². The number of para-hydroxylation sites is 1. The maximum atomic E-state index is 13.1. The molecule has 0 bridgehead atoms. The maximum absolute atomic E-state index is 13.1. The van der Waals surface area contributed by atoms with E-state index in [4.69, 9.17) is 19.1 Å². The third-order valence-electron chi connectivity index (χ3n) is 3.95. The fourth-order valence-corrected chi connectivity index (χ4v) is 5.02. The Kier molecular flexibility index (Phi) is 18.7. The van der Waals surface area contributed by atoms with Gasteiger partial charge in [-0.1, -0.05) is 24.3 Å². The SMILES string of the molecule is O=P(O)(O)C(CCCc1cccc(Oc2ccccc2C(F)(F)F)c1)S(=O)(=O)O.[K].[K].[K]. The molecule has 0 spiro atoms. The van der Waals surface area contributed by atoms with Crippen LogP contribution < -0.4 is 4.74 Å². The van der Waals surface area contributed by atoms with Crippen LogP contribution in [0.15, 0.2) is 48.5 Å². The van der Waals surface area contributed by atoms with Crippen LogP contribution in [0.1, 0.15) is 24.0 Å². The molecule has 2 aromatic rings. The average molecular weight is 572 g/mol. The van der Waals surface area contributed by atoms with Crippen molar-refractivity contribution in [2.45, 2.75) is 30.4 Å². The number of ether oxygens (including phenoxy) is 1. The van der Waals surface area contributed by atoms with E-state index in [1.165, 1.54) is 36.4 Å². The van der Waals surface area contributed by atoms with Crippen molar-refractivity contribution in [2.75, 3.05) is 0 Å². The predicted molar refractivity (Wildman–Crippen MR) is 116 cm³/mol. The molecule has 15 heteroatoms. The van der Waals surface area contributed by atoms with Gasteiger partial charge in [0, 0.05) is 154 Å². The summed E-state index contributed by atoms with van der Waals surface area (Å²) in [6.45, 7) is 0. The number of alkyl halides is 3. The minimum atomic E-state index is -5.06. The first-order valence-electron chi connectivity index (χ1n) is 8.23. The van der Waals surface area contributed by atoms with Crippen LogP contribution in [0.25, 0.3) is 0 Å². The molecule has 2 aromatic carbocycles. The quantitative estimate of drug-likeness (QED) is 0.253. The van der Waals surface area contributed by atoms with Gasteiger partial charge in [-0.2, -0.15) is 21.6 Å². The zero-order valence-electron chi connectivity index (χ0n) is 17.8. The van der Waals surface area contributed by atoms with E-state index in [1.54, 1.807) is 6.07 Å². The number of hydrogen-bond donors (Lipinski definition) is 3. The van der Waals surface area contributed by atoms with E-state index in [9.17, 15) is 26.2 Å². The number of rotatable bonds is 8. The molecule has 0 aliphatic carbocycles. The van der Waals surface area contributed by atoms with Gasteiger partial charge in [-0.05, 0) is 49.1 Å². The van der Waals surface area contributed by atoms with Crippen LogP contribution in [0.3, 0.4) is 0 Å². The fourth-order valence-electron chi connectivity index (χ4n) is 2.65. The molecule has 1 unspecified atom stereocenters. The fraction of sp³-hybridized carbons (Fsp3) is 0.294. The topological polar surface area (TPSA) is 121 Å². The third-order valence-corrected chi connectivity index (χ3v) is 7.51. The van der Waals surface area contributed by atoms with E-state index in [2.05, 4.69) is 0 Å². The first-order valence-corrected chi connectivity index (χ1v) is 11.4. The minimum Gasteiger partial charge on any atom is -0.457 e. The molecule has 0 heterocycles. The van der Waals surface area contributed by atoms with Crippen molar-refractivity contribution in [3.63, 3.8) is 0 Å². The van der Waals surface area contributed by atoms with Gasteiger partial charge in [-0.3, -0.25) is 9.12 Å². The second kappa shape index (κ2) is 16.1. The largest absolute Gasteiger partial charge is 0.457 e. The zero-order chi connectivity index (χ0) is 21.9. The molecule has 7 nitrogen and oxygen atoms in total. The summed E-state index contributed by atoms with van der Waals surface area (Å²) in [6.07, 6.45) is -4.94. The molecule has 0 aliphatic rings. The molecule has 0 aromatic heterocycles. The number of benzene rings is 2. The Morgan fingerprint density at radius 1 is 1.00 bits per heavy atom. The Labute approximate surface area is 311 Å². The van der Waals surface area contributed by atoms with E-state index in [0.29, 0.717) is 5.56 Å². The summed E-state index contributed by atoms with van der Waals surface area (Å²) >= 11 is 0. The van der Waals surface area contributed by atoms with Crippen molar-refractivity contribution < 1.29 is 45.2 Å². The van der Waals surface area contributed by atoms with Gasteiger partial charge in [0.15, 0.2) is 4.99 Å². The van der Waals surface area contributed by atoms with Crippen LogP contribution in [-0.4, -0.2) is 182 Å². The van der Waals surface area contributed by atoms with Crippen LogP contribution in [-0.2, 0) is 27.3 Å². The molecule has 0 amide bonds. The van der Waals surface area contributed by atoms with E-state index in [1.807, 2.05) is 0 Å². The Bertz CT molecular complexity index is 1020. The third kappa shape index (κ3) is 12.5. The smallest absolute Gasteiger partial charge is 0.419 e. The van der Waals surface area contributed by atoms with Crippen molar-refractivity contribution in [2.24, 2.45) is 0 Å². The second-order valence-electron chi connectivity index (χ2n) is 6.19. The number of hydrogen-bond acceptors (Lipinski definition) is 4. The van der Waals surface area contributed by atoms with Crippen molar-refractivity contribution in [1.29, 1.82) is 0 Å². The summed E-state index contributed by atoms with van der Waals surface area (Å²) in [6, 6.07) is 10.7. The zero-order valence-corrected chi connectivity index (χ0v) is 28.9. The van der Waals surface area contributed by atoms with Gasteiger partial charge < -0.3 is 14.5 Å². The van der Waals surface area contributed by atoms with Crippen LogP contribution in [0.4, 0.5) is 13.2 Å². The molecule has 0 fully saturated rings. The predicted octanol–water partition coefficient (Wildman–Crippen LogP) is 3.07. The van der Waals surface area contributed by atoms with Crippen LogP contribution in [0, 0.1) is 0 Å². The maximum Gasteiger partial charge on any atom is 0.419 e. The van der Waals surface area contributed by atoms with Crippen LogP contribution >= 0.6 is 7.60 Å². The summed E-state index contributed by atoms with van der Waals surface area (Å²) in [4.78, 5) is 15.9. The second-order valence-corrected chi connectivity index (χ2v) is 9.94. The summed E-state index contributed by atoms with van der Waals surface area (Å²) in [7, 11) is -10.0. The first kappa shape index (κ1) is 37.2. The molecule has 3 radical (unpaired) electrons. The van der Waals surface area contributed by atoms with Gasteiger partial charge in [0.25, 0.3) is 10.1 Å². The van der Waals surface area contributed by atoms with E-state index in [0.717, 1.165) is 6.07 Å². The monoisotopic (exact) mass is 571 g/mol. The standard InChI is InChI=1S/C17H18F3O7PS.3K/c18-17(19,20)14-8-1-2-9-15(14)27-13-7-3-5-12(11-13)6-4-10-16(28(21,22)23)29(24,25)26;;;/h1-3,5,7-9,11,16H,4,6,10H2,(H2,21,22,23)(H,24,25,26);;;. The Balaban J connectivity index is 0. The molecule has 0 saturated carbocycles. The van der Waals surface area contributed by atoms with Crippen molar-refractivity contribution in [3.05, 3.63) is 59.7 Å². The van der Waals surface area contributed by atoms with E-state index >= 15 is 0 Å². The molecule has 163 valence electrons. The molecule has 3 N–H and O–H groups in total. The van der Waals surface area contributed by atoms with Gasteiger partial charge in [-0.25, -0.2) is 0 Å². The van der Waals surface area contributed by atoms with Crippen LogP contribution in [0.2, 0.25) is 0 Å². The summed E-state index contributed by atoms with van der Waals surface area (Å²) in [5.41, 5.74) is -0.394. The van der Waals surface area contributed by atoms with Crippen molar-refractivity contribution in [1.82, 2.24) is 0 Å². The average Bonchev–Trinajstić information content (AvgIpc) is 2.56. The number of aryl methyl sites for hydroxylation is 1. The molecular weight excluding hydrogens is 554 g/mol. The normalized spacial score (nSPS) is 12.6. The van der Waals surface area contributed by atoms with Gasteiger partial charge in [0.05, 0.1) is 5.56 Å². The molecule has 1 atom stereocenters. The van der Waals surface area contributed by atoms with Gasteiger partial charge in [-0.15, -0.1) is 0 Å². The van der Waals surface area contributed by atoms with Gasteiger partial charge in [0.1, 0.15) is 11.5 Å². The molecule has 32 heavy (non-hydrogen) atoms. The molecule has 0 aliphatic heterocycles. The first-order chi connectivity index (χ1) is 13.3.